The fraction of sp³-hybridized carbons (Fsp3) is 0.321. The molecular formula is C28H32N2O3S. The van der Waals surface area contributed by atoms with E-state index < -0.39 is 10.0 Å². The summed E-state index contributed by atoms with van der Waals surface area (Å²) in [6.45, 7) is 6.81. The van der Waals surface area contributed by atoms with Crippen LogP contribution in [0.2, 0.25) is 0 Å². The van der Waals surface area contributed by atoms with Crippen LogP contribution in [0, 0.1) is 20.8 Å². The van der Waals surface area contributed by atoms with Gasteiger partial charge in [0.1, 0.15) is 0 Å². The van der Waals surface area contributed by atoms with Crippen LogP contribution < -0.4 is 0 Å². The molecule has 0 N–H and O–H groups in total. The molecule has 178 valence electrons. The van der Waals surface area contributed by atoms with Crippen LogP contribution in [-0.2, 0) is 34.2 Å². The molecule has 0 atom stereocenters. The van der Waals surface area contributed by atoms with E-state index >= 15 is 0 Å². The summed E-state index contributed by atoms with van der Waals surface area (Å²) in [7, 11) is -3.86. The minimum atomic E-state index is -3.86. The molecule has 5 nitrogen and oxygen atoms in total. The lowest BCUT2D eigenvalue weighted by Crippen LogP contribution is -2.45. The molecule has 0 saturated carbocycles. The van der Waals surface area contributed by atoms with E-state index in [1.165, 1.54) is 9.87 Å². The molecule has 0 spiro atoms. The highest BCUT2D eigenvalue weighted by Crippen LogP contribution is 2.26. The number of nitrogens with zero attached hydrogens (tertiary/aromatic N) is 2. The topological polar surface area (TPSA) is 57.7 Å². The van der Waals surface area contributed by atoms with Gasteiger partial charge >= 0.3 is 0 Å². The Morgan fingerprint density at radius 1 is 0.912 bits per heavy atom. The first-order valence-electron chi connectivity index (χ1n) is 11.7. The molecule has 1 heterocycles. The molecule has 1 aliphatic rings. The number of sulfonamides is 1. The third kappa shape index (κ3) is 5.24. The molecule has 3 aromatic rings. The zero-order valence-electron chi connectivity index (χ0n) is 20.1. The first-order valence-corrected chi connectivity index (χ1v) is 13.2. The van der Waals surface area contributed by atoms with Gasteiger partial charge in [0.15, 0.2) is 0 Å². The van der Waals surface area contributed by atoms with E-state index in [2.05, 4.69) is 6.07 Å². The van der Waals surface area contributed by atoms with Crippen molar-refractivity contribution in [1.82, 2.24) is 9.21 Å². The molecule has 1 aliphatic heterocycles. The normalized spacial score (nSPS) is 13.7. The van der Waals surface area contributed by atoms with Crippen LogP contribution in [0.5, 0.6) is 0 Å². The first kappa shape index (κ1) is 24.2. The van der Waals surface area contributed by atoms with Gasteiger partial charge in [0.25, 0.3) is 0 Å². The average Bonchev–Trinajstić information content (AvgIpc) is 2.81. The number of amides is 1. The Bertz CT molecular complexity index is 1260. The molecule has 0 radical (unpaired) electrons. The second-order valence-corrected chi connectivity index (χ2v) is 11.0. The fourth-order valence-corrected chi connectivity index (χ4v) is 6.65. The van der Waals surface area contributed by atoms with Gasteiger partial charge in [0, 0.05) is 19.6 Å². The van der Waals surface area contributed by atoms with Crippen molar-refractivity contribution in [3.63, 3.8) is 0 Å². The van der Waals surface area contributed by atoms with Gasteiger partial charge in [-0.3, -0.25) is 4.79 Å². The van der Waals surface area contributed by atoms with Gasteiger partial charge in [-0.15, -0.1) is 0 Å². The number of fused-ring (bicyclic) bond motifs is 1. The van der Waals surface area contributed by atoms with Crippen LogP contribution in [0.15, 0.2) is 71.6 Å². The average molecular weight is 477 g/mol. The van der Waals surface area contributed by atoms with Crippen molar-refractivity contribution in [1.29, 1.82) is 0 Å². The molecule has 0 bridgehead atoms. The van der Waals surface area contributed by atoms with Crippen molar-refractivity contribution in [3.8, 4) is 0 Å². The summed E-state index contributed by atoms with van der Waals surface area (Å²) in [6.07, 6.45) is 1.33. The molecule has 3 aromatic carbocycles. The van der Waals surface area contributed by atoms with Crippen molar-refractivity contribution < 1.29 is 13.2 Å². The van der Waals surface area contributed by atoms with Crippen LogP contribution in [0.1, 0.15) is 33.4 Å². The predicted molar refractivity (Wildman–Crippen MR) is 135 cm³/mol. The van der Waals surface area contributed by atoms with Crippen LogP contribution in [0.4, 0.5) is 0 Å². The maximum absolute atomic E-state index is 13.9. The Hall–Kier alpha value is -2.96. The van der Waals surface area contributed by atoms with E-state index in [1.54, 1.807) is 4.90 Å². The number of hydrogen-bond acceptors (Lipinski definition) is 3. The molecule has 1 amide bonds. The van der Waals surface area contributed by atoms with Crippen molar-refractivity contribution in [2.24, 2.45) is 0 Å². The molecule has 0 aliphatic carbocycles. The van der Waals surface area contributed by atoms with Crippen molar-refractivity contribution in [2.45, 2.75) is 45.1 Å². The summed E-state index contributed by atoms with van der Waals surface area (Å²) in [6, 6.07) is 21.7. The van der Waals surface area contributed by atoms with Crippen LogP contribution >= 0.6 is 0 Å². The molecule has 6 heteroatoms. The van der Waals surface area contributed by atoms with Crippen molar-refractivity contribution in [3.05, 3.63) is 100 Å². The Balaban J connectivity index is 1.61. The van der Waals surface area contributed by atoms with Crippen molar-refractivity contribution >= 4 is 15.9 Å². The Kier molecular flexibility index (Phi) is 7.19. The number of aryl methyl sites for hydroxylation is 3. The van der Waals surface area contributed by atoms with E-state index in [4.69, 9.17) is 0 Å². The van der Waals surface area contributed by atoms with Gasteiger partial charge in [-0.05, 0) is 61.4 Å². The molecule has 0 aromatic heterocycles. The number of carbonyl (C=O) groups is 1. The molecule has 0 saturated heterocycles. The summed E-state index contributed by atoms with van der Waals surface area (Å²) in [5, 5.41) is 0. The second kappa shape index (κ2) is 10.1. The van der Waals surface area contributed by atoms with Crippen LogP contribution in [-0.4, -0.2) is 43.2 Å². The lowest BCUT2D eigenvalue weighted by atomic mass is 10.00. The van der Waals surface area contributed by atoms with Gasteiger partial charge in [0.2, 0.25) is 15.9 Å². The highest BCUT2D eigenvalue weighted by atomic mass is 32.2. The minimum absolute atomic E-state index is 0.159. The third-order valence-electron chi connectivity index (χ3n) is 6.49. The maximum Gasteiger partial charge on any atom is 0.244 e. The van der Waals surface area contributed by atoms with Gasteiger partial charge in [0.05, 0.1) is 11.4 Å². The van der Waals surface area contributed by atoms with Gasteiger partial charge in [-0.2, -0.15) is 4.31 Å². The van der Waals surface area contributed by atoms with Gasteiger partial charge < -0.3 is 4.90 Å². The highest BCUT2D eigenvalue weighted by molar-refractivity contribution is 7.89. The lowest BCUT2D eigenvalue weighted by Gasteiger charge is -2.31. The second-order valence-electron chi connectivity index (χ2n) is 9.14. The summed E-state index contributed by atoms with van der Waals surface area (Å²) >= 11 is 0. The lowest BCUT2D eigenvalue weighted by molar-refractivity contribution is -0.132. The zero-order chi connectivity index (χ0) is 24.3. The standard InChI is InChI=1S/C28H32N2O3S/c1-21-17-22(2)28(23(3)18-21)34(32,33)30(16-13-24-9-5-4-6-10-24)20-27(31)29-15-14-25-11-7-8-12-26(25)19-29/h4-12,17-18H,13-16,19-20H2,1-3H3. The summed E-state index contributed by atoms with van der Waals surface area (Å²) in [5.74, 6) is -0.159. The largest absolute Gasteiger partial charge is 0.337 e. The molecule has 34 heavy (non-hydrogen) atoms. The summed E-state index contributed by atoms with van der Waals surface area (Å²) < 4.78 is 29.1. The monoisotopic (exact) mass is 476 g/mol. The smallest absolute Gasteiger partial charge is 0.244 e. The fourth-order valence-electron chi connectivity index (χ4n) is 4.84. The van der Waals surface area contributed by atoms with Crippen molar-refractivity contribution in [2.75, 3.05) is 19.6 Å². The molecular weight excluding hydrogens is 444 g/mol. The third-order valence-corrected chi connectivity index (χ3v) is 8.64. The number of benzene rings is 3. The number of hydrogen-bond donors (Lipinski definition) is 0. The SMILES string of the molecule is Cc1cc(C)c(S(=O)(=O)N(CCc2ccccc2)CC(=O)N2CCc3ccccc3C2)c(C)c1. The molecule has 4 rings (SSSR count). The van der Waals surface area contributed by atoms with E-state index in [0.717, 1.165) is 23.1 Å². The van der Waals surface area contributed by atoms with Crippen LogP contribution in [0.25, 0.3) is 0 Å². The highest BCUT2D eigenvalue weighted by Gasteiger charge is 2.31. The first-order chi connectivity index (χ1) is 16.3. The Morgan fingerprint density at radius 3 is 2.21 bits per heavy atom. The molecule has 0 fully saturated rings. The quantitative estimate of drug-likeness (QED) is 0.507. The Labute approximate surface area is 203 Å². The summed E-state index contributed by atoms with van der Waals surface area (Å²) in [4.78, 5) is 15.4. The van der Waals surface area contributed by atoms with E-state index in [0.29, 0.717) is 35.5 Å². The Morgan fingerprint density at radius 2 is 1.53 bits per heavy atom. The van der Waals surface area contributed by atoms with Crippen LogP contribution in [0.3, 0.4) is 0 Å². The van der Waals surface area contributed by atoms with Gasteiger partial charge in [-0.25, -0.2) is 8.42 Å². The number of rotatable bonds is 7. The van der Waals surface area contributed by atoms with Gasteiger partial charge in [-0.1, -0.05) is 72.3 Å². The summed E-state index contributed by atoms with van der Waals surface area (Å²) in [5.41, 5.74) is 5.87. The molecule has 0 unspecified atom stereocenters. The number of carbonyl (C=O) groups excluding carboxylic acids is 1. The zero-order valence-corrected chi connectivity index (χ0v) is 20.9. The van der Waals surface area contributed by atoms with E-state index in [1.807, 2.05) is 81.4 Å². The van der Waals surface area contributed by atoms with E-state index in [-0.39, 0.29) is 19.0 Å². The van der Waals surface area contributed by atoms with E-state index in [9.17, 15) is 13.2 Å². The maximum atomic E-state index is 13.9. The minimum Gasteiger partial charge on any atom is -0.337 e. The predicted octanol–water partition coefficient (Wildman–Crippen LogP) is 4.43.